The first-order valence-corrected chi connectivity index (χ1v) is 11.1. The van der Waals surface area contributed by atoms with E-state index in [2.05, 4.69) is 10.0 Å². The molecule has 0 aromatic heterocycles. The first-order valence-electron chi connectivity index (χ1n) is 9.60. The van der Waals surface area contributed by atoms with Crippen LogP contribution in [0, 0.1) is 5.82 Å². The smallest absolute Gasteiger partial charge is 0.244 e. The summed E-state index contributed by atoms with van der Waals surface area (Å²) in [6.45, 7) is 0.501. The van der Waals surface area contributed by atoms with Gasteiger partial charge in [0.1, 0.15) is 5.82 Å². The predicted octanol–water partition coefficient (Wildman–Crippen LogP) is 3.38. The molecule has 0 unspecified atom stereocenters. The molecule has 0 atom stereocenters. The van der Waals surface area contributed by atoms with Crippen molar-refractivity contribution in [3.63, 3.8) is 0 Å². The fourth-order valence-electron chi connectivity index (χ4n) is 3.79. The molecule has 0 radical (unpaired) electrons. The third kappa shape index (κ3) is 5.10. The lowest BCUT2D eigenvalue weighted by atomic mass is 9.79. The van der Waals surface area contributed by atoms with Crippen LogP contribution in [0.1, 0.15) is 36.8 Å². The van der Waals surface area contributed by atoms with Gasteiger partial charge < -0.3 is 5.32 Å². The van der Waals surface area contributed by atoms with E-state index in [-0.39, 0.29) is 22.0 Å². The van der Waals surface area contributed by atoms with Crippen molar-refractivity contribution in [2.75, 3.05) is 13.6 Å². The fraction of sp³-hybridized carbons (Fsp3) is 0.318. The standard InChI is InChI=1S/C22H25FN2O3S/c1-24-29(27,28)20-11-4-17(5-12-20)6-13-21(26)25-16-22(14-2-3-15-22)18-7-9-19(23)10-8-18/h4-13,24H,2-3,14-16H2,1H3,(H,25,26)/b13-6+. The molecular formula is C22H25FN2O3S. The minimum Gasteiger partial charge on any atom is -0.352 e. The van der Waals surface area contributed by atoms with Crippen molar-refractivity contribution in [3.05, 3.63) is 71.6 Å². The van der Waals surface area contributed by atoms with Crippen LogP contribution < -0.4 is 10.0 Å². The Bertz CT molecular complexity index is 978. The second-order valence-electron chi connectivity index (χ2n) is 7.32. The van der Waals surface area contributed by atoms with Crippen LogP contribution in [-0.2, 0) is 20.2 Å². The molecule has 7 heteroatoms. The number of hydrogen-bond donors (Lipinski definition) is 2. The van der Waals surface area contributed by atoms with E-state index in [1.807, 2.05) is 12.1 Å². The summed E-state index contributed by atoms with van der Waals surface area (Å²) in [5.74, 6) is -0.479. The van der Waals surface area contributed by atoms with Crippen LogP contribution in [0.4, 0.5) is 4.39 Å². The van der Waals surface area contributed by atoms with E-state index in [0.717, 1.165) is 36.8 Å². The first-order chi connectivity index (χ1) is 13.8. The van der Waals surface area contributed by atoms with E-state index < -0.39 is 10.0 Å². The number of rotatable bonds is 7. The van der Waals surface area contributed by atoms with E-state index in [4.69, 9.17) is 0 Å². The highest BCUT2D eigenvalue weighted by atomic mass is 32.2. The Labute approximate surface area is 171 Å². The van der Waals surface area contributed by atoms with Gasteiger partial charge in [0, 0.05) is 18.0 Å². The van der Waals surface area contributed by atoms with Gasteiger partial charge in [-0.3, -0.25) is 4.79 Å². The van der Waals surface area contributed by atoms with E-state index >= 15 is 0 Å². The number of hydrogen-bond acceptors (Lipinski definition) is 3. The minimum atomic E-state index is -3.48. The molecule has 2 N–H and O–H groups in total. The second-order valence-corrected chi connectivity index (χ2v) is 9.21. The molecule has 5 nitrogen and oxygen atoms in total. The summed E-state index contributed by atoms with van der Waals surface area (Å²) in [5, 5.41) is 2.97. The molecule has 1 fully saturated rings. The highest BCUT2D eigenvalue weighted by Crippen LogP contribution is 2.40. The van der Waals surface area contributed by atoms with Crippen LogP contribution >= 0.6 is 0 Å². The Morgan fingerprint density at radius 1 is 1.07 bits per heavy atom. The van der Waals surface area contributed by atoms with Gasteiger partial charge in [-0.05, 0) is 61.4 Å². The molecular weight excluding hydrogens is 391 g/mol. The molecule has 154 valence electrons. The average Bonchev–Trinajstić information content (AvgIpc) is 3.21. The minimum absolute atomic E-state index is 0.152. The van der Waals surface area contributed by atoms with Gasteiger partial charge in [-0.25, -0.2) is 17.5 Å². The molecule has 1 aliphatic rings. The summed E-state index contributed by atoms with van der Waals surface area (Å²) < 4.78 is 39.0. The van der Waals surface area contributed by atoms with E-state index in [9.17, 15) is 17.6 Å². The third-order valence-electron chi connectivity index (χ3n) is 5.50. The Morgan fingerprint density at radius 3 is 2.28 bits per heavy atom. The molecule has 3 rings (SSSR count). The van der Waals surface area contributed by atoms with Crippen molar-refractivity contribution < 1.29 is 17.6 Å². The van der Waals surface area contributed by atoms with Gasteiger partial charge in [-0.2, -0.15) is 0 Å². The van der Waals surface area contributed by atoms with Crippen LogP contribution in [0.15, 0.2) is 59.5 Å². The third-order valence-corrected chi connectivity index (χ3v) is 6.93. The number of amides is 1. The summed E-state index contributed by atoms with van der Waals surface area (Å²) in [6.07, 6.45) is 7.18. The molecule has 1 amide bonds. The highest BCUT2D eigenvalue weighted by molar-refractivity contribution is 7.89. The number of halogens is 1. The SMILES string of the molecule is CNS(=O)(=O)c1ccc(/C=C/C(=O)NCC2(c3ccc(F)cc3)CCCC2)cc1. The summed E-state index contributed by atoms with van der Waals surface area (Å²) >= 11 is 0. The molecule has 1 saturated carbocycles. The number of carbonyl (C=O) groups is 1. The summed E-state index contributed by atoms with van der Waals surface area (Å²) in [7, 11) is -2.12. The molecule has 2 aromatic rings. The van der Waals surface area contributed by atoms with Crippen molar-refractivity contribution >= 4 is 22.0 Å². The Hall–Kier alpha value is -2.51. The summed E-state index contributed by atoms with van der Waals surface area (Å²) in [5.41, 5.74) is 1.63. The van der Waals surface area contributed by atoms with Crippen LogP contribution in [-0.4, -0.2) is 27.9 Å². The van der Waals surface area contributed by atoms with Gasteiger partial charge in [0.25, 0.3) is 0 Å². The largest absolute Gasteiger partial charge is 0.352 e. The molecule has 0 saturated heterocycles. The van der Waals surface area contributed by atoms with Crippen LogP contribution in [0.2, 0.25) is 0 Å². The quantitative estimate of drug-likeness (QED) is 0.680. The van der Waals surface area contributed by atoms with Crippen LogP contribution in [0.5, 0.6) is 0 Å². The molecule has 0 bridgehead atoms. The van der Waals surface area contributed by atoms with Crippen molar-refractivity contribution in [1.82, 2.24) is 10.0 Å². The lowest BCUT2D eigenvalue weighted by Gasteiger charge is -2.29. The molecule has 0 aliphatic heterocycles. The van der Waals surface area contributed by atoms with E-state index in [0.29, 0.717) is 6.54 Å². The van der Waals surface area contributed by atoms with Gasteiger partial charge in [-0.1, -0.05) is 37.1 Å². The van der Waals surface area contributed by atoms with Gasteiger partial charge >= 0.3 is 0 Å². The highest BCUT2D eigenvalue weighted by Gasteiger charge is 2.35. The molecule has 2 aromatic carbocycles. The summed E-state index contributed by atoms with van der Waals surface area (Å²) in [6, 6.07) is 12.8. The maximum atomic E-state index is 13.3. The zero-order valence-corrected chi connectivity index (χ0v) is 17.1. The second kappa shape index (κ2) is 8.88. The zero-order chi connectivity index (χ0) is 20.9. The lowest BCUT2D eigenvalue weighted by molar-refractivity contribution is -0.116. The van der Waals surface area contributed by atoms with Crippen molar-refractivity contribution in [2.24, 2.45) is 0 Å². The number of carbonyl (C=O) groups excluding carboxylic acids is 1. The predicted molar refractivity (Wildman–Crippen MR) is 111 cm³/mol. The van der Waals surface area contributed by atoms with E-state index in [1.54, 1.807) is 18.2 Å². The van der Waals surface area contributed by atoms with Crippen LogP contribution in [0.25, 0.3) is 6.08 Å². The molecule has 29 heavy (non-hydrogen) atoms. The molecule has 0 heterocycles. The lowest BCUT2D eigenvalue weighted by Crippen LogP contribution is -2.38. The van der Waals surface area contributed by atoms with Gasteiger partial charge in [0.05, 0.1) is 4.90 Å². The zero-order valence-electron chi connectivity index (χ0n) is 16.3. The number of nitrogens with one attached hydrogen (secondary N) is 2. The van der Waals surface area contributed by atoms with Gasteiger partial charge in [-0.15, -0.1) is 0 Å². The van der Waals surface area contributed by atoms with Crippen molar-refractivity contribution in [3.8, 4) is 0 Å². The van der Waals surface area contributed by atoms with Crippen molar-refractivity contribution in [1.29, 1.82) is 0 Å². The maximum Gasteiger partial charge on any atom is 0.244 e. The number of sulfonamides is 1. The van der Waals surface area contributed by atoms with Crippen molar-refractivity contribution in [2.45, 2.75) is 36.0 Å². The summed E-state index contributed by atoms with van der Waals surface area (Å²) in [4.78, 5) is 12.5. The maximum absolute atomic E-state index is 13.3. The normalized spacial score (nSPS) is 16.2. The fourth-order valence-corrected chi connectivity index (χ4v) is 4.52. The molecule has 1 aliphatic carbocycles. The first kappa shape index (κ1) is 21.2. The Morgan fingerprint density at radius 2 is 1.69 bits per heavy atom. The van der Waals surface area contributed by atoms with Gasteiger partial charge in [0.2, 0.25) is 15.9 Å². The van der Waals surface area contributed by atoms with E-state index in [1.165, 1.54) is 37.4 Å². The monoisotopic (exact) mass is 416 g/mol. The number of benzene rings is 2. The topological polar surface area (TPSA) is 75.3 Å². The Kier molecular flexibility index (Phi) is 6.49. The average molecular weight is 417 g/mol. The molecule has 0 spiro atoms. The Balaban J connectivity index is 1.63. The van der Waals surface area contributed by atoms with Gasteiger partial charge in [0.15, 0.2) is 0 Å². The van der Waals surface area contributed by atoms with Crippen LogP contribution in [0.3, 0.4) is 0 Å².